The van der Waals surface area contributed by atoms with Crippen LogP contribution < -0.4 is 0 Å². The Bertz CT molecular complexity index is 1030. The molecule has 6 rings (SSSR count). The summed E-state index contributed by atoms with van der Waals surface area (Å²) in [5.41, 5.74) is -2.52. The van der Waals surface area contributed by atoms with Crippen LogP contribution in [-0.2, 0) is 28.5 Å². The van der Waals surface area contributed by atoms with E-state index in [-0.39, 0.29) is 35.9 Å². The number of esters is 1. The van der Waals surface area contributed by atoms with Crippen molar-refractivity contribution >= 4 is 12.3 Å². The average molecular weight is 549 g/mol. The number of methoxy groups -OCH3 is 1. The molecule has 2 heterocycles. The normalized spacial score (nSPS) is 53.3. The van der Waals surface area contributed by atoms with E-state index in [4.69, 9.17) is 18.9 Å². The number of fused-ring (bicyclic) bond motifs is 5. The Labute approximate surface area is 230 Å². The molecule has 12 atom stereocenters. The predicted molar refractivity (Wildman–Crippen MR) is 138 cm³/mol. The zero-order valence-corrected chi connectivity index (χ0v) is 23.3. The number of carbonyl (C=O) groups excluding carboxylic acids is 2. The van der Waals surface area contributed by atoms with Crippen LogP contribution in [-0.4, -0.2) is 83.2 Å². The molecule has 9 nitrogen and oxygen atoms in total. The van der Waals surface area contributed by atoms with E-state index in [0.29, 0.717) is 51.6 Å². The highest BCUT2D eigenvalue weighted by molar-refractivity contribution is 5.85. The number of carbonyl (C=O) groups is 2. The fourth-order valence-electron chi connectivity index (χ4n) is 9.98. The van der Waals surface area contributed by atoms with Crippen LogP contribution >= 0.6 is 0 Å². The van der Waals surface area contributed by atoms with Crippen molar-refractivity contribution in [3.63, 3.8) is 0 Å². The highest BCUT2D eigenvalue weighted by atomic mass is 16.7. The Morgan fingerprint density at radius 3 is 2.54 bits per heavy atom. The van der Waals surface area contributed by atoms with E-state index < -0.39 is 40.5 Å². The van der Waals surface area contributed by atoms with Crippen molar-refractivity contribution in [1.29, 1.82) is 0 Å². The fraction of sp³-hybridized carbons (Fsp3) is 0.867. The molecule has 0 bridgehead atoms. The van der Waals surface area contributed by atoms with Crippen LogP contribution in [0.2, 0.25) is 0 Å². The Kier molecular flexibility index (Phi) is 6.84. The van der Waals surface area contributed by atoms with E-state index in [0.717, 1.165) is 31.1 Å². The molecule has 0 aromatic rings. The zero-order valence-electron chi connectivity index (χ0n) is 23.3. The number of rotatable bonds is 5. The van der Waals surface area contributed by atoms with Gasteiger partial charge in [0.15, 0.2) is 6.29 Å². The maximum atomic E-state index is 13.0. The summed E-state index contributed by atoms with van der Waals surface area (Å²) in [6.45, 7) is 4.25. The first-order valence-corrected chi connectivity index (χ1v) is 14.8. The van der Waals surface area contributed by atoms with Gasteiger partial charge in [0.1, 0.15) is 19.0 Å². The third-order valence-corrected chi connectivity index (χ3v) is 12.1. The molecule has 218 valence electrons. The van der Waals surface area contributed by atoms with Gasteiger partial charge in [0.2, 0.25) is 0 Å². The summed E-state index contributed by atoms with van der Waals surface area (Å²) < 4.78 is 22.9. The summed E-state index contributed by atoms with van der Waals surface area (Å²) >= 11 is 0. The van der Waals surface area contributed by atoms with Crippen LogP contribution in [0, 0.1) is 28.6 Å². The van der Waals surface area contributed by atoms with Crippen LogP contribution in [0.1, 0.15) is 78.1 Å². The number of aldehydes is 1. The number of aliphatic hydroxyl groups is 3. The Morgan fingerprint density at radius 1 is 1.08 bits per heavy atom. The van der Waals surface area contributed by atoms with Gasteiger partial charge < -0.3 is 39.1 Å². The van der Waals surface area contributed by atoms with Crippen LogP contribution in [0.15, 0.2) is 11.6 Å². The van der Waals surface area contributed by atoms with Gasteiger partial charge in [-0.25, -0.2) is 4.79 Å². The van der Waals surface area contributed by atoms with Gasteiger partial charge in [0.05, 0.1) is 34.9 Å². The van der Waals surface area contributed by atoms with Crippen LogP contribution in [0.5, 0.6) is 0 Å². The molecule has 39 heavy (non-hydrogen) atoms. The van der Waals surface area contributed by atoms with Crippen molar-refractivity contribution in [1.82, 2.24) is 0 Å². The molecule has 0 unspecified atom stereocenters. The summed E-state index contributed by atoms with van der Waals surface area (Å²) in [5, 5.41) is 34.8. The maximum absolute atomic E-state index is 13.0. The van der Waals surface area contributed by atoms with Crippen molar-refractivity contribution in [3.8, 4) is 0 Å². The van der Waals surface area contributed by atoms with Crippen LogP contribution in [0.4, 0.5) is 0 Å². The number of hydrogen-bond acceptors (Lipinski definition) is 9. The standard InChI is InChI=1S/C30H44O9/c1-17-26(33)23(36-3)13-25(38-17)39-19-4-9-28(16-31)21-5-8-27(2)20(18-12-24(32)37-15-18)7-11-30(27,35)22(21)6-10-29(28,34)14-19/h12,16-17,19-23,25-26,33-35H,4-11,13-15H2,1-3H3/t17-,19+,20-,21+,22-,23-,25+,26-,27-,28+,29+,30+/m1/s1. The average Bonchev–Trinajstić information content (AvgIpc) is 3.45. The Hall–Kier alpha value is -1.36. The van der Waals surface area contributed by atoms with Gasteiger partial charge in [-0.3, -0.25) is 0 Å². The second-order valence-electron chi connectivity index (χ2n) is 13.5. The molecule has 3 N–H and O–H groups in total. The van der Waals surface area contributed by atoms with Crippen molar-refractivity contribution in [2.75, 3.05) is 13.7 Å². The second kappa shape index (κ2) is 9.60. The molecule has 2 aliphatic heterocycles. The molecule has 1 saturated heterocycles. The van der Waals surface area contributed by atoms with E-state index in [9.17, 15) is 24.9 Å². The molecule has 0 spiro atoms. The van der Waals surface area contributed by atoms with Crippen LogP contribution in [0.3, 0.4) is 0 Å². The van der Waals surface area contributed by atoms with Crippen molar-refractivity contribution in [2.24, 2.45) is 28.6 Å². The lowest BCUT2D eigenvalue weighted by atomic mass is 9.41. The number of cyclic esters (lactones) is 1. The summed E-state index contributed by atoms with van der Waals surface area (Å²) in [7, 11) is 1.57. The second-order valence-corrected chi connectivity index (χ2v) is 13.5. The smallest absolute Gasteiger partial charge is 0.331 e. The Balaban J connectivity index is 1.21. The fourth-order valence-corrected chi connectivity index (χ4v) is 9.98. The minimum absolute atomic E-state index is 0.0827. The summed E-state index contributed by atoms with van der Waals surface area (Å²) in [5.74, 6) is -0.420. The minimum atomic E-state index is -1.21. The quantitative estimate of drug-likeness (QED) is 0.269. The molecule has 0 aromatic heterocycles. The van der Waals surface area contributed by atoms with E-state index in [2.05, 4.69) is 6.92 Å². The van der Waals surface area contributed by atoms with E-state index in [1.165, 1.54) is 0 Å². The maximum Gasteiger partial charge on any atom is 0.331 e. The molecule has 9 heteroatoms. The summed E-state index contributed by atoms with van der Waals surface area (Å²) in [6, 6.07) is 0. The van der Waals surface area contributed by atoms with E-state index in [1.807, 2.05) is 0 Å². The van der Waals surface area contributed by atoms with Gasteiger partial charge in [0, 0.05) is 31.4 Å². The van der Waals surface area contributed by atoms with E-state index in [1.54, 1.807) is 20.1 Å². The molecule has 6 aliphatic rings. The van der Waals surface area contributed by atoms with Gasteiger partial charge in [-0.1, -0.05) is 6.92 Å². The molecular weight excluding hydrogens is 504 g/mol. The molecular formula is C30H44O9. The summed E-state index contributed by atoms with van der Waals surface area (Å²) in [6.07, 6.45) is 6.10. The van der Waals surface area contributed by atoms with Crippen molar-refractivity contribution < 1.29 is 43.9 Å². The molecule has 4 saturated carbocycles. The van der Waals surface area contributed by atoms with E-state index >= 15 is 0 Å². The van der Waals surface area contributed by atoms with Gasteiger partial charge in [-0.2, -0.15) is 0 Å². The lowest BCUT2D eigenvalue weighted by molar-refractivity contribution is -0.287. The van der Waals surface area contributed by atoms with Gasteiger partial charge in [0.25, 0.3) is 0 Å². The summed E-state index contributed by atoms with van der Waals surface area (Å²) in [4.78, 5) is 24.8. The number of ether oxygens (including phenoxy) is 4. The first kappa shape index (κ1) is 27.8. The predicted octanol–water partition coefficient (Wildman–Crippen LogP) is 2.43. The monoisotopic (exact) mass is 548 g/mol. The highest BCUT2D eigenvalue weighted by Gasteiger charge is 2.71. The molecule has 0 amide bonds. The third kappa shape index (κ3) is 3.94. The minimum Gasteiger partial charge on any atom is -0.458 e. The first-order valence-electron chi connectivity index (χ1n) is 14.8. The van der Waals surface area contributed by atoms with Crippen molar-refractivity contribution in [3.05, 3.63) is 11.6 Å². The molecule has 0 radical (unpaired) electrons. The Morgan fingerprint density at radius 2 is 1.85 bits per heavy atom. The number of hydrogen-bond donors (Lipinski definition) is 3. The lowest BCUT2D eigenvalue weighted by Gasteiger charge is -2.65. The first-order chi connectivity index (χ1) is 18.5. The largest absolute Gasteiger partial charge is 0.458 e. The number of aliphatic hydroxyl groups excluding tert-OH is 1. The highest BCUT2D eigenvalue weighted by Crippen LogP contribution is 2.70. The van der Waals surface area contributed by atoms with Gasteiger partial charge >= 0.3 is 5.97 Å². The molecule has 0 aromatic carbocycles. The van der Waals surface area contributed by atoms with Gasteiger partial charge in [-0.15, -0.1) is 0 Å². The lowest BCUT2D eigenvalue weighted by Crippen LogP contribution is -2.69. The van der Waals surface area contributed by atoms with Crippen molar-refractivity contribution in [2.45, 2.75) is 120 Å². The van der Waals surface area contributed by atoms with Gasteiger partial charge in [-0.05, 0) is 81.6 Å². The zero-order chi connectivity index (χ0) is 27.8. The van der Waals surface area contributed by atoms with Crippen LogP contribution in [0.25, 0.3) is 0 Å². The topological polar surface area (TPSA) is 132 Å². The SMILES string of the molecule is CO[C@@H]1C[C@H](O[C@H]2CC[C@]3(C=O)[C@H]4CC[C@]5(C)[C@@H](C6=CC(=O)OC6)CC[C@]5(O)[C@@H]4CC[C@]3(O)C2)O[C@H](C)[C@H]1O. The third-order valence-electron chi connectivity index (χ3n) is 12.1. The molecule has 5 fully saturated rings. The molecule has 4 aliphatic carbocycles.